The van der Waals surface area contributed by atoms with E-state index in [1.54, 1.807) is 12.1 Å². The van der Waals surface area contributed by atoms with Crippen LogP contribution in [0.5, 0.6) is 11.6 Å². The molecule has 31 heavy (non-hydrogen) atoms. The van der Waals surface area contributed by atoms with Crippen molar-refractivity contribution in [2.75, 3.05) is 5.43 Å². The van der Waals surface area contributed by atoms with Crippen LogP contribution in [0.1, 0.15) is 5.56 Å². The van der Waals surface area contributed by atoms with Crippen molar-refractivity contribution in [3.05, 3.63) is 94.8 Å². The molecule has 2 N–H and O–H groups in total. The standard InChI is InChI=1S/C22H17N5O4/c28-19(12-15-6-2-1-3-7-15)25-26-21-20(27(29)30)22(24-14-23-21)31-18-11-10-16-8-4-5-9-17(16)13-18/h1-11,13-14H,12H2,(H,25,28)(H,23,24,26). The quantitative estimate of drug-likeness (QED) is 0.346. The fourth-order valence-electron chi connectivity index (χ4n) is 2.99. The molecular formula is C22H17N5O4. The summed E-state index contributed by atoms with van der Waals surface area (Å²) in [5, 5.41) is 13.6. The van der Waals surface area contributed by atoms with Gasteiger partial charge in [-0.3, -0.25) is 25.8 Å². The molecule has 1 heterocycles. The van der Waals surface area contributed by atoms with Gasteiger partial charge in [-0.25, -0.2) is 4.98 Å². The normalized spacial score (nSPS) is 10.5. The van der Waals surface area contributed by atoms with Crippen molar-refractivity contribution in [1.82, 2.24) is 15.4 Å². The van der Waals surface area contributed by atoms with Crippen LogP contribution in [0, 0.1) is 10.1 Å². The number of amides is 1. The number of ether oxygens (including phenoxy) is 1. The Hall–Kier alpha value is -4.53. The van der Waals surface area contributed by atoms with Crippen molar-refractivity contribution in [1.29, 1.82) is 0 Å². The second kappa shape index (κ2) is 8.87. The second-order valence-electron chi connectivity index (χ2n) is 6.58. The van der Waals surface area contributed by atoms with Gasteiger partial charge in [0.1, 0.15) is 12.1 Å². The van der Waals surface area contributed by atoms with Gasteiger partial charge in [-0.2, -0.15) is 4.98 Å². The molecule has 4 rings (SSSR count). The third-order valence-electron chi connectivity index (χ3n) is 4.43. The maximum absolute atomic E-state index is 12.1. The number of hydrogen-bond acceptors (Lipinski definition) is 7. The fraction of sp³-hybridized carbons (Fsp3) is 0.0455. The molecule has 9 heteroatoms. The lowest BCUT2D eigenvalue weighted by atomic mass is 10.1. The smallest absolute Gasteiger partial charge is 0.374 e. The molecule has 3 aromatic carbocycles. The molecule has 0 aliphatic rings. The average molecular weight is 415 g/mol. The fourth-order valence-corrected chi connectivity index (χ4v) is 2.99. The summed E-state index contributed by atoms with van der Waals surface area (Å²) in [4.78, 5) is 30.9. The summed E-state index contributed by atoms with van der Waals surface area (Å²) in [6.07, 6.45) is 1.22. The number of hydrogen-bond donors (Lipinski definition) is 2. The van der Waals surface area contributed by atoms with E-state index in [1.807, 2.05) is 60.7 Å². The number of nitrogens with one attached hydrogen (secondary N) is 2. The highest BCUT2D eigenvalue weighted by Gasteiger charge is 2.25. The van der Waals surface area contributed by atoms with E-state index in [9.17, 15) is 14.9 Å². The zero-order valence-electron chi connectivity index (χ0n) is 16.2. The summed E-state index contributed by atoms with van der Waals surface area (Å²) in [6.45, 7) is 0. The van der Waals surface area contributed by atoms with E-state index >= 15 is 0 Å². The van der Waals surface area contributed by atoms with Crippen LogP contribution >= 0.6 is 0 Å². The van der Waals surface area contributed by atoms with Crippen LogP contribution in [-0.2, 0) is 11.2 Å². The highest BCUT2D eigenvalue weighted by molar-refractivity contribution is 5.84. The van der Waals surface area contributed by atoms with Gasteiger partial charge in [0.2, 0.25) is 11.7 Å². The average Bonchev–Trinajstić information content (AvgIpc) is 2.78. The summed E-state index contributed by atoms with van der Waals surface area (Å²) in [6, 6.07) is 22.1. The van der Waals surface area contributed by atoms with Gasteiger partial charge in [-0.15, -0.1) is 0 Å². The number of nitrogens with zero attached hydrogens (tertiary/aromatic N) is 3. The first-order valence-electron chi connectivity index (χ1n) is 9.35. The molecule has 9 nitrogen and oxygen atoms in total. The van der Waals surface area contributed by atoms with Gasteiger partial charge in [0.25, 0.3) is 0 Å². The number of rotatable bonds is 7. The lowest BCUT2D eigenvalue weighted by Crippen LogP contribution is -2.31. The Balaban J connectivity index is 1.53. The monoisotopic (exact) mass is 415 g/mol. The summed E-state index contributed by atoms with van der Waals surface area (Å²) in [5.41, 5.74) is 5.23. The maximum atomic E-state index is 12.1. The van der Waals surface area contributed by atoms with Crippen molar-refractivity contribution in [3.63, 3.8) is 0 Å². The van der Waals surface area contributed by atoms with Crippen molar-refractivity contribution in [3.8, 4) is 11.6 Å². The highest BCUT2D eigenvalue weighted by atomic mass is 16.6. The minimum absolute atomic E-state index is 0.104. The first kappa shape index (κ1) is 19.8. The number of nitro groups is 1. The second-order valence-corrected chi connectivity index (χ2v) is 6.58. The molecule has 0 spiro atoms. The van der Waals surface area contributed by atoms with Crippen molar-refractivity contribution < 1.29 is 14.5 Å². The van der Waals surface area contributed by atoms with Gasteiger partial charge in [-0.1, -0.05) is 60.7 Å². The van der Waals surface area contributed by atoms with E-state index in [0.717, 1.165) is 22.7 Å². The molecule has 0 bridgehead atoms. The largest absolute Gasteiger partial charge is 0.434 e. The molecule has 0 radical (unpaired) electrons. The molecule has 0 atom stereocenters. The number of aromatic nitrogens is 2. The van der Waals surface area contributed by atoms with E-state index in [4.69, 9.17) is 4.74 Å². The zero-order chi connectivity index (χ0) is 21.6. The number of carbonyl (C=O) groups is 1. The van der Waals surface area contributed by atoms with Crippen molar-refractivity contribution in [2.45, 2.75) is 6.42 Å². The Labute approximate surface area is 176 Å². The first-order chi connectivity index (χ1) is 15.1. The molecular weight excluding hydrogens is 398 g/mol. The number of fused-ring (bicyclic) bond motifs is 1. The minimum atomic E-state index is -0.665. The first-order valence-corrected chi connectivity index (χ1v) is 9.35. The molecule has 0 unspecified atom stereocenters. The van der Waals surface area contributed by atoms with Gasteiger partial charge in [0, 0.05) is 0 Å². The lowest BCUT2D eigenvalue weighted by molar-refractivity contribution is -0.385. The van der Waals surface area contributed by atoms with E-state index in [1.165, 1.54) is 0 Å². The molecule has 0 saturated heterocycles. The third kappa shape index (κ3) is 4.73. The van der Waals surface area contributed by atoms with E-state index in [2.05, 4.69) is 20.8 Å². The lowest BCUT2D eigenvalue weighted by Gasteiger charge is -2.11. The summed E-state index contributed by atoms with van der Waals surface area (Å²) < 4.78 is 5.68. The highest BCUT2D eigenvalue weighted by Crippen LogP contribution is 2.34. The Morgan fingerprint density at radius 3 is 2.48 bits per heavy atom. The van der Waals surface area contributed by atoms with Crippen molar-refractivity contribution in [2.24, 2.45) is 0 Å². The van der Waals surface area contributed by atoms with E-state index in [-0.39, 0.29) is 24.0 Å². The molecule has 1 amide bonds. The molecule has 0 aliphatic carbocycles. The van der Waals surface area contributed by atoms with Crippen molar-refractivity contribution >= 4 is 28.2 Å². The molecule has 4 aromatic rings. The Morgan fingerprint density at radius 2 is 1.71 bits per heavy atom. The Kier molecular flexibility index (Phi) is 5.66. The summed E-state index contributed by atoms with van der Waals surface area (Å²) in [7, 11) is 0. The minimum Gasteiger partial charge on any atom is -0.434 e. The predicted molar refractivity (Wildman–Crippen MR) is 115 cm³/mol. The zero-order valence-corrected chi connectivity index (χ0v) is 16.2. The molecule has 0 fully saturated rings. The summed E-state index contributed by atoms with van der Waals surface area (Å²) in [5.74, 6) is -0.414. The van der Waals surface area contributed by atoms with Crippen LogP contribution in [-0.4, -0.2) is 20.8 Å². The number of anilines is 1. The SMILES string of the molecule is O=C(Cc1ccccc1)NNc1ncnc(Oc2ccc3ccccc3c2)c1[N+](=O)[O-]. The van der Waals surface area contributed by atoms with Crippen LogP contribution in [0.3, 0.4) is 0 Å². The van der Waals surface area contributed by atoms with Crippen LogP contribution in [0.2, 0.25) is 0 Å². The van der Waals surface area contributed by atoms with E-state index in [0.29, 0.717) is 5.75 Å². The van der Waals surface area contributed by atoms with Crippen LogP contribution in [0.4, 0.5) is 11.5 Å². The van der Waals surface area contributed by atoms with Gasteiger partial charge >= 0.3 is 11.6 Å². The molecule has 0 aliphatic heterocycles. The van der Waals surface area contributed by atoms with Gasteiger partial charge in [0.05, 0.1) is 11.3 Å². The van der Waals surface area contributed by atoms with Gasteiger partial charge < -0.3 is 4.74 Å². The number of hydrazine groups is 1. The van der Waals surface area contributed by atoms with Gasteiger partial charge in [-0.05, 0) is 28.5 Å². The molecule has 1 aromatic heterocycles. The van der Waals surface area contributed by atoms with Crippen LogP contribution < -0.4 is 15.6 Å². The Bertz CT molecular complexity index is 1250. The Morgan fingerprint density at radius 1 is 0.968 bits per heavy atom. The molecule has 154 valence electrons. The number of benzene rings is 3. The topological polar surface area (TPSA) is 119 Å². The molecule has 0 saturated carbocycles. The predicted octanol–water partition coefficient (Wildman–Crippen LogP) is 4.02. The third-order valence-corrected chi connectivity index (χ3v) is 4.43. The van der Waals surface area contributed by atoms with Gasteiger partial charge in [0.15, 0.2) is 0 Å². The summed E-state index contributed by atoms with van der Waals surface area (Å²) >= 11 is 0. The van der Waals surface area contributed by atoms with E-state index < -0.39 is 10.6 Å². The van der Waals surface area contributed by atoms with Crippen LogP contribution in [0.25, 0.3) is 10.8 Å². The number of carbonyl (C=O) groups excluding carboxylic acids is 1. The maximum Gasteiger partial charge on any atom is 0.374 e. The van der Waals surface area contributed by atoms with Crippen LogP contribution in [0.15, 0.2) is 79.1 Å².